The second-order valence-electron chi connectivity index (χ2n) is 3.45. The van der Waals surface area contributed by atoms with E-state index in [1.807, 2.05) is 0 Å². The first kappa shape index (κ1) is 13.4. The maximum absolute atomic E-state index is 12.0. The quantitative estimate of drug-likeness (QED) is 0.699. The maximum Gasteiger partial charge on any atom is 0.254 e. The van der Waals surface area contributed by atoms with E-state index >= 15 is 0 Å². The van der Waals surface area contributed by atoms with E-state index in [0.717, 1.165) is 0 Å². The molecule has 94 valence electrons. The Bertz CT molecular complexity index is 416. The normalized spacial score (nSPS) is 10.2. The van der Waals surface area contributed by atoms with Gasteiger partial charge in [-0.25, -0.2) is 0 Å². The van der Waals surface area contributed by atoms with Crippen molar-refractivity contribution in [3.8, 4) is 0 Å². The molecule has 0 aliphatic rings. The molecule has 0 saturated carbocycles. The summed E-state index contributed by atoms with van der Waals surface area (Å²) in [6, 6.07) is 2.76. The van der Waals surface area contributed by atoms with E-state index in [1.54, 1.807) is 0 Å². The molecule has 1 aromatic heterocycles. The highest BCUT2D eigenvalue weighted by Gasteiger charge is 2.15. The number of aromatic nitrogens is 1. The molecule has 17 heavy (non-hydrogen) atoms. The Labute approximate surface area is 98.8 Å². The van der Waals surface area contributed by atoms with Gasteiger partial charge in [-0.2, -0.15) is 0 Å². The number of aromatic amines is 1. The Kier molecular flexibility index (Phi) is 5.38. The van der Waals surface area contributed by atoms with Crippen molar-refractivity contribution >= 4 is 5.91 Å². The van der Waals surface area contributed by atoms with Gasteiger partial charge in [0.05, 0.1) is 13.2 Å². The molecule has 0 fully saturated rings. The van der Waals surface area contributed by atoms with E-state index in [1.165, 1.54) is 30.3 Å². The summed E-state index contributed by atoms with van der Waals surface area (Å²) in [4.78, 5) is 27.0. The Morgan fingerprint density at radius 1 is 1.53 bits per heavy atom. The van der Waals surface area contributed by atoms with Crippen molar-refractivity contribution < 1.29 is 14.6 Å². The summed E-state index contributed by atoms with van der Waals surface area (Å²) in [6.45, 7) is 0.852. The molecule has 1 aromatic rings. The molecule has 2 N–H and O–H groups in total. The zero-order valence-electron chi connectivity index (χ0n) is 9.68. The van der Waals surface area contributed by atoms with E-state index < -0.39 is 0 Å². The van der Waals surface area contributed by atoms with Gasteiger partial charge in [0.25, 0.3) is 5.91 Å². The van der Waals surface area contributed by atoms with E-state index in [0.29, 0.717) is 18.7 Å². The van der Waals surface area contributed by atoms with Crippen LogP contribution in [0, 0.1) is 0 Å². The Morgan fingerprint density at radius 3 is 2.88 bits per heavy atom. The highest BCUT2D eigenvalue weighted by atomic mass is 16.5. The second-order valence-corrected chi connectivity index (χ2v) is 3.45. The number of H-pyrrole nitrogens is 1. The summed E-state index contributed by atoms with van der Waals surface area (Å²) in [5.74, 6) is -0.290. The lowest BCUT2D eigenvalue weighted by molar-refractivity contribution is 0.0656. The summed E-state index contributed by atoms with van der Waals surface area (Å²) in [6.07, 6.45) is 1.42. The third-order valence-electron chi connectivity index (χ3n) is 2.24. The molecular weight excluding hydrogens is 224 g/mol. The third kappa shape index (κ3) is 4.01. The monoisotopic (exact) mass is 240 g/mol. The van der Waals surface area contributed by atoms with E-state index in [4.69, 9.17) is 9.84 Å². The fourth-order valence-electron chi connectivity index (χ4n) is 1.40. The van der Waals surface area contributed by atoms with Crippen molar-refractivity contribution in [2.45, 2.75) is 0 Å². The number of carbonyl (C=O) groups is 1. The first-order valence-corrected chi connectivity index (χ1v) is 5.27. The number of hydrogen-bond acceptors (Lipinski definition) is 4. The summed E-state index contributed by atoms with van der Waals surface area (Å²) in [5, 5.41) is 8.88. The standard InChI is InChI=1S/C11H16N2O4/c1-17-7-5-13(4-6-14)11(16)9-2-3-12-10(15)8-9/h2-3,8,14H,4-7H2,1H3,(H,12,15). The van der Waals surface area contributed by atoms with Crippen molar-refractivity contribution in [3.05, 3.63) is 34.2 Å². The van der Waals surface area contributed by atoms with E-state index in [-0.39, 0.29) is 24.6 Å². The molecule has 1 rings (SSSR count). The van der Waals surface area contributed by atoms with Crippen LogP contribution in [0.5, 0.6) is 0 Å². The second kappa shape index (κ2) is 6.82. The number of amides is 1. The van der Waals surface area contributed by atoms with Gasteiger partial charge in [-0.3, -0.25) is 9.59 Å². The summed E-state index contributed by atoms with van der Waals surface area (Å²) in [7, 11) is 1.54. The molecule has 0 aromatic carbocycles. The SMILES string of the molecule is COCCN(CCO)C(=O)c1cc[nH]c(=O)c1. The fraction of sp³-hybridized carbons (Fsp3) is 0.455. The van der Waals surface area contributed by atoms with Crippen molar-refractivity contribution in [2.24, 2.45) is 0 Å². The number of rotatable bonds is 6. The van der Waals surface area contributed by atoms with Crippen LogP contribution in [0.1, 0.15) is 10.4 Å². The molecule has 0 aliphatic carbocycles. The zero-order valence-corrected chi connectivity index (χ0v) is 9.68. The number of aliphatic hydroxyl groups is 1. The maximum atomic E-state index is 12.0. The van der Waals surface area contributed by atoms with Gasteiger partial charge < -0.3 is 19.7 Å². The molecule has 0 radical (unpaired) electrons. The van der Waals surface area contributed by atoms with E-state index in [2.05, 4.69) is 4.98 Å². The summed E-state index contributed by atoms with van der Waals surface area (Å²) >= 11 is 0. The van der Waals surface area contributed by atoms with Crippen LogP contribution in [0.4, 0.5) is 0 Å². The Hall–Kier alpha value is -1.66. The van der Waals surface area contributed by atoms with Crippen LogP contribution in [-0.2, 0) is 4.74 Å². The van der Waals surface area contributed by atoms with Gasteiger partial charge >= 0.3 is 0 Å². The van der Waals surface area contributed by atoms with Gasteiger partial charge in [-0.1, -0.05) is 0 Å². The number of methoxy groups -OCH3 is 1. The molecule has 0 saturated heterocycles. The minimum atomic E-state index is -0.327. The molecule has 6 nitrogen and oxygen atoms in total. The van der Waals surface area contributed by atoms with Crippen LogP contribution >= 0.6 is 0 Å². The van der Waals surface area contributed by atoms with Crippen molar-refractivity contribution in [1.29, 1.82) is 0 Å². The molecule has 0 unspecified atom stereocenters. The molecule has 0 spiro atoms. The van der Waals surface area contributed by atoms with Crippen LogP contribution in [0.25, 0.3) is 0 Å². The number of hydrogen-bond donors (Lipinski definition) is 2. The summed E-state index contributed by atoms with van der Waals surface area (Å²) in [5.41, 5.74) is -0.0233. The summed E-state index contributed by atoms with van der Waals surface area (Å²) < 4.78 is 4.88. The van der Waals surface area contributed by atoms with Crippen LogP contribution in [0.15, 0.2) is 23.1 Å². The molecule has 0 aliphatic heterocycles. The lowest BCUT2D eigenvalue weighted by Gasteiger charge is -2.21. The largest absolute Gasteiger partial charge is 0.395 e. The highest BCUT2D eigenvalue weighted by Crippen LogP contribution is 2.01. The van der Waals surface area contributed by atoms with Gasteiger partial charge in [0, 0.05) is 38.0 Å². The Balaban J connectivity index is 2.79. The first-order valence-electron chi connectivity index (χ1n) is 5.27. The molecule has 6 heteroatoms. The predicted octanol–water partition coefficient (Wildman–Crippen LogP) is -0.544. The van der Waals surface area contributed by atoms with Crippen LogP contribution in [0.2, 0.25) is 0 Å². The number of nitrogens with zero attached hydrogens (tertiary/aromatic N) is 1. The van der Waals surface area contributed by atoms with Gasteiger partial charge in [-0.05, 0) is 6.07 Å². The lowest BCUT2D eigenvalue weighted by atomic mass is 10.2. The number of ether oxygens (including phenoxy) is 1. The lowest BCUT2D eigenvalue weighted by Crippen LogP contribution is -2.36. The minimum absolute atomic E-state index is 0.126. The number of aliphatic hydroxyl groups excluding tert-OH is 1. The topological polar surface area (TPSA) is 82.6 Å². The Morgan fingerprint density at radius 2 is 2.29 bits per heavy atom. The van der Waals surface area contributed by atoms with Crippen LogP contribution in [-0.4, -0.2) is 54.3 Å². The number of pyridine rings is 1. The average Bonchev–Trinajstić information content (AvgIpc) is 2.33. The molecule has 1 amide bonds. The van der Waals surface area contributed by atoms with Gasteiger partial charge in [0.1, 0.15) is 0 Å². The molecule has 0 atom stereocenters. The van der Waals surface area contributed by atoms with Gasteiger partial charge in [-0.15, -0.1) is 0 Å². The zero-order chi connectivity index (χ0) is 12.7. The van der Waals surface area contributed by atoms with Crippen LogP contribution in [0.3, 0.4) is 0 Å². The fourth-order valence-corrected chi connectivity index (χ4v) is 1.40. The van der Waals surface area contributed by atoms with Crippen molar-refractivity contribution in [2.75, 3.05) is 33.4 Å². The van der Waals surface area contributed by atoms with E-state index in [9.17, 15) is 9.59 Å². The van der Waals surface area contributed by atoms with Gasteiger partial charge in [0.15, 0.2) is 0 Å². The van der Waals surface area contributed by atoms with Crippen molar-refractivity contribution in [1.82, 2.24) is 9.88 Å². The van der Waals surface area contributed by atoms with Crippen LogP contribution < -0.4 is 5.56 Å². The predicted molar refractivity (Wildman–Crippen MR) is 61.9 cm³/mol. The third-order valence-corrected chi connectivity index (χ3v) is 2.24. The molecular formula is C11H16N2O4. The minimum Gasteiger partial charge on any atom is -0.395 e. The van der Waals surface area contributed by atoms with Crippen molar-refractivity contribution in [3.63, 3.8) is 0 Å². The molecule has 1 heterocycles. The van der Waals surface area contributed by atoms with Gasteiger partial charge in [0.2, 0.25) is 5.56 Å². The smallest absolute Gasteiger partial charge is 0.254 e. The highest BCUT2D eigenvalue weighted by molar-refractivity contribution is 5.94. The number of carbonyl (C=O) groups excluding carboxylic acids is 1. The average molecular weight is 240 g/mol. The number of nitrogens with one attached hydrogen (secondary N) is 1. The molecule has 0 bridgehead atoms. The first-order chi connectivity index (χ1) is 8.19.